The van der Waals surface area contributed by atoms with Crippen LogP contribution in [0.15, 0.2) is 42.5 Å². The number of carboxylic acids is 1. The van der Waals surface area contributed by atoms with Crippen LogP contribution >= 0.6 is 0 Å². The van der Waals surface area contributed by atoms with Gasteiger partial charge in [-0.15, -0.1) is 0 Å². The zero-order valence-corrected chi connectivity index (χ0v) is 10.8. The molecule has 6 heteroatoms. The van der Waals surface area contributed by atoms with Gasteiger partial charge in [0, 0.05) is 0 Å². The second kappa shape index (κ2) is 6.04. The molecule has 0 aliphatic heterocycles. The van der Waals surface area contributed by atoms with Gasteiger partial charge < -0.3 is 15.5 Å². The van der Waals surface area contributed by atoms with Crippen LogP contribution in [-0.2, 0) is 11.2 Å². The minimum Gasteiger partial charge on any atom is -0.506 e. The van der Waals surface area contributed by atoms with E-state index in [9.17, 15) is 19.1 Å². The highest BCUT2D eigenvalue weighted by Crippen LogP contribution is 2.24. The van der Waals surface area contributed by atoms with E-state index in [-0.39, 0.29) is 23.4 Å². The number of rotatable bonds is 4. The van der Waals surface area contributed by atoms with Gasteiger partial charge in [0.1, 0.15) is 11.6 Å². The molecular formula is C15H12FNO4. The number of aromatic carboxylic acids is 1. The molecule has 21 heavy (non-hydrogen) atoms. The van der Waals surface area contributed by atoms with Gasteiger partial charge in [-0.2, -0.15) is 0 Å². The van der Waals surface area contributed by atoms with Gasteiger partial charge in [0.05, 0.1) is 17.7 Å². The van der Waals surface area contributed by atoms with Crippen molar-refractivity contribution in [2.45, 2.75) is 6.42 Å². The van der Waals surface area contributed by atoms with Crippen LogP contribution in [-0.4, -0.2) is 22.1 Å². The van der Waals surface area contributed by atoms with Crippen molar-refractivity contribution in [3.63, 3.8) is 0 Å². The number of phenolic OH excluding ortho intramolecular Hbond substituents is 1. The lowest BCUT2D eigenvalue weighted by Crippen LogP contribution is -2.15. The molecule has 3 N–H and O–H groups in total. The van der Waals surface area contributed by atoms with E-state index in [1.807, 2.05) is 0 Å². The molecule has 0 atom stereocenters. The van der Waals surface area contributed by atoms with Gasteiger partial charge in [0.2, 0.25) is 5.91 Å². The van der Waals surface area contributed by atoms with Gasteiger partial charge in [-0.05, 0) is 35.9 Å². The number of hydrogen-bond acceptors (Lipinski definition) is 3. The Balaban J connectivity index is 2.12. The van der Waals surface area contributed by atoms with Crippen LogP contribution in [0.1, 0.15) is 15.9 Å². The first-order valence-corrected chi connectivity index (χ1v) is 6.06. The summed E-state index contributed by atoms with van der Waals surface area (Å²) in [6.45, 7) is 0. The van der Waals surface area contributed by atoms with Crippen molar-refractivity contribution in [2.24, 2.45) is 0 Å². The number of phenols is 1. The van der Waals surface area contributed by atoms with Crippen LogP contribution in [0.2, 0.25) is 0 Å². The predicted molar refractivity (Wildman–Crippen MR) is 73.8 cm³/mol. The summed E-state index contributed by atoms with van der Waals surface area (Å²) < 4.78 is 13.0. The Kier molecular flexibility index (Phi) is 4.18. The molecule has 0 aromatic heterocycles. The minimum atomic E-state index is -1.17. The van der Waals surface area contributed by atoms with E-state index in [2.05, 4.69) is 5.32 Å². The Hall–Kier alpha value is -2.89. The Morgan fingerprint density at radius 2 is 1.90 bits per heavy atom. The Bertz CT molecular complexity index is 700. The van der Waals surface area contributed by atoms with E-state index in [0.717, 1.165) is 6.07 Å². The molecule has 1 amide bonds. The summed E-state index contributed by atoms with van der Waals surface area (Å²) in [4.78, 5) is 22.7. The third kappa shape index (κ3) is 3.79. The van der Waals surface area contributed by atoms with Crippen molar-refractivity contribution in [2.75, 3.05) is 5.32 Å². The average Bonchev–Trinajstić information content (AvgIpc) is 2.41. The molecule has 108 valence electrons. The number of amides is 1. The average molecular weight is 289 g/mol. The number of anilines is 1. The molecule has 5 nitrogen and oxygen atoms in total. The number of carbonyl (C=O) groups excluding carboxylic acids is 1. The number of carbonyl (C=O) groups is 2. The summed E-state index contributed by atoms with van der Waals surface area (Å²) in [6, 6.07) is 9.13. The van der Waals surface area contributed by atoms with Crippen molar-refractivity contribution >= 4 is 17.6 Å². The maximum absolute atomic E-state index is 13.0. The maximum Gasteiger partial charge on any atom is 0.335 e. The Morgan fingerprint density at radius 1 is 1.14 bits per heavy atom. The number of halogens is 1. The molecule has 0 fully saturated rings. The number of benzene rings is 2. The van der Waals surface area contributed by atoms with Gasteiger partial charge >= 0.3 is 5.97 Å². The lowest BCUT2D eigenvalue weighted by atomic mass is 10.1. The highest BCUT2D eigenvalue weighted by molar-refractivity contribution is 5.96. The van der Waals surface area contributed by atoms with Crippen molar-refractivity contribution in [3.8, 4) is 5.75 Å². The lowest BCUT2D eigenvalue weighted by molar-refractivity contribution is -0.115. The van der Waals surface area contributed by atoms with Crippen molar-refractivity contribution < 1.29 is 24.2 Å². The van der Waals surface area contributed by atoms with E-state index in [0.29, 0.717) is 5.56 Å². The molecule has 0 aliphatic carbocycles. The van der Waals surface area contributed by atoms with E-state index >= 15 is 0 Å². The topological polar surface area (TPSA) is 86.6 Å². The first kappa shape index (κ1) is 14.5. The molecule has 0 radical (unpaired) electrons. The van der Waals surface area contributed by atoms with Gasteiger partial charge in [-0.25, -0.2) is 9.18 Å². The molecule has 2 aromatic carbocycles. The van der Waals surface area contributed by atoms with Crippen LogP contribution in [0.25, 0.3) is 0 Å². The molecule has 0 saturated carbocycles. The number of nitrogens with one attached hydrogen (secondary N) is 1. The Morgan fingerprint density at radius 3 is 2.57 bits per heavy atom. The summed E-state index contributed by atoms with van der Waals surface area (Å²) in [5.74, 6) is -2.35. The largest absolute Gasteiger partial charge is 0.506 e. The first-order chi connectivity index (χ1) is 9.95. The summed E-state index contributed by atoms with van der Waals surface area (Å²) in [7, 11) is 0. The molecular weight excluding hydrogens is 277 g/mol. The third-order valence-electron chi connectivity index (χ3n) is 2.77. The van der Waals surface area contributed by atoms with E-state index in [1.165, 1.54) is 30.3 Å². The highest BCUT2D eigenvalue weighted by Gasteiger charge is 2.11. The predicted octanol–water partition coefficient (Wildman–Crippen LogP) is 2.41. The molecule has 0 bridgehead atoms. The van der Waals surface area contributed by atoms with Crippen molar-refractivity contribution in [1.82, 2.24) is 0 Å². The zero-order valence-electron chi connectivity index (χ0n) is 10.8. The van der Waals surface area contributed by atoms with Gasteiger partial charge in [0.25, 0.3) is 0 Å². The molecule has 0 aliphatic rings. The van der Waals surface area contributed by atoms with Gasteiger partial charge in [-0.3, -0.25) is 4.79 Å². The third-order valence-corrected chi connectivity index (χ3v) is 2.77. The minimum absolute atomic E-state index is 0.00342. The normalized spacial score (nSPS) is 10.1. The van der Waals surface area contributed by atoms with Crippen LogP contribution in [0.3, 0.4) is 0 Å². The molecule has 2 aromatic rings. The van der Waals surface area contributed by atoms with E-state index in [1.54, 1.807) is 6.07 Å². The van der Waals surface area contributed by atoms with Crippen molar-refractivity contribution in [1.29, 1.82) is 0 Å². The maximum atomic E-state index is 13.0. The molecule has 0 spiro atoms. The number of carboxylic acid groups (broad SMARTS) is 1. The highest BCUT2D eigenvalue weighted by atomic mass is 19.1. The van der Waals surface area contributed by atoms with E-state index < -0.39 is 17.7 Å². The fourth-order valence-electron chi connectivity index (χ4n) is 1.80. The van der Waals surface area contributed by atoms with Crippen molar-refractivity contribution in [3.05, 3.63) is 59.4 Å². The second-order valence-electron chi connectivity index (χ2n) is 4.39. The summed E-state index contributed by atoms with van der Waals surface area (Å²) >= 11 is 0. The second-order valence-corrected chi connectivity index (χ2v) is 4.39. The smallest absolute Gasteiger partial charge is 0.335 e. The first-order valence-electron chi connectivity index (χ1n) is 6.06. The molecule has 0 heterocycles. The number of hydrogen-bond donors (Lipinski definition) is 3. The Labute approximate surface area is 119 Å². The van der Waals surface area contributed by atoms with Crippen LogP contribution in [0.5, 0.6) is 5.75 Å². The fourth-order valence-corrected chi connectivity index (χ4v) is 1.80. The standard InChI is InChI=1S/C15H12FNO4/c16-11-3-1-2-9(6-11)7-14(19)17-12-8-10(15(20)21)4-5-13(12)18/h1-6,8,18H,7H2,(H,17,19)(H,20,21). The molecule has 0 saturated heterocycles. The lowest BCUT2D eigenvalue weighted by Gasteiger charge is -2.08. The SMILES string of the molecule is O=C(Cc1cccc(F)c1)Nc1cc(C(=O)O)ccc1O. The molecule has 2 rings (SSSR count). The van der Waals surface area contributed by atoms with Gasteiger partial charge in [0.15, 0.2) is 0 Å². The summed E-state index contributed by atoms with van der Waals surface area (Å²) in [6.07, 6.45) is -0.0888. The zero-order chi connectivity index (χ0) is 15.4. The molecule has 0 unspecified atom stereocenters. The van der Waals surface area contributed by atoms with Crippen LogP contribution < -0.4 is 5.32 Å². The summed E-state index contributed by atoms with van der Waals surface area (Å²) in [5, 5.41) is 20.9. The van der Waals surface area contributed by atoms with Crippen LogP contribution in [0.4, 0.5) is 10.1 Å². The fraction of sp³-hybridized carbons (Fsp3) is 0.0667. The van der Waals surface area contributed by atoms with Gasteiger partial charge in [-0.1, -0.05) is 12.1 Å². The number of aromatic hydroxyl groups is 1. The quantitative estimate of drug-likeness (QED) is 0.754. The van der Waals surface area contributed by atoms with Crippen LogP contribution in [0, 0.1) is 5.82 Å². The summed E-state index contributed by atoms with van der Waals surface area (Å²) in [5.41, 5.74) is 0.409. The van der Waals surface area contributed by atoms with E-state index in [4.69, 9.17) is 5.11 Å². The monoisotopic (exact) mass is 289 g/mol.